The number of aromatic hydroxyl groups is 2. The fraction of sp³-hybridized carbons (Fsp3) is 0.500. The topological polar surface area (TPSA) is 92.2 Å². The number of piperidine rings is 1. The van der Waals surface area contributed by atoms with Crippen LogP contribution in [0.25, 0.3) is 0 Å². The number of hydrogen-bond donors (Lipinski definition) is 3. The third-order valence-electron chi connectivity index (χ3n) is 6.73. The molecule has 0 saturated carbocycles. The number of likely N-dealkylation sites (tertiary alicyclic amines) is 1. The number of nitrogens with one attached hydrogen (secondary N) is 1. The molecule has 0 aliphatic carbocycles. The summed E-state index contributed by atoms with van der Waals surface area (Å²) in [4.78, 5) is 23.3. The molecule has 1 atom stereocenters. The van der Waals surface area contributed by atoms with Crippen molar-refractivity contribution in [2.24, 2.45) is 0 Å². The summed E-state index contributed by atoms with van der Waals surface area (Å²) in [5.74, 6) is 0.705. The summed E-state index contributed by atoms with van der Waals surface area (Å²) in [6, 6.07) is 9.95. The average Bonchev–Trinajstić information content (AvgIpc) is 2.80. The van der Waals surface area contributed by atoms with Crippen LogP contribution >= 0.6 is 0 Å². The Balaban J connectivity index is 1.32. The summed E-state index contributed by atoms with van der Waals surface area (Å²) < 4.78 is 0. The summed E-state index contributed by atoms with van der Waals surface area (Å²) >= 11 is 0. The van der Waals surface area contributed by atoms with Gasteiger partial charge in [0.2, 0.25) is 0 Å². The molecule has 1 unspecified atom stereocenters. The number of aromatic nitrogens is 1. The van der Waals surface area contributed by atoms with Gasteiger partial charge in [-0.3, -0.25) is 14.6 Å². The van der Waals surface area contributed by atoms with Crippen molar-refractivity contribution in [1.29, 1.82) is 0 Å². The zero-order valence-corrected chi connectivity index (χ0v) is 18.9. The van der Waals surface area contributed by atoms with Gasteiger partial charge in [0.25, 0.3) is 5.91 Å². The highest BCUT2D eigenvalue weighted by Crippen LogP contribution is 2.30. The molecule has 1 amide bonds. The molecule has 2 aromatic rings. The van der Waals surface area contributed by atoms with Gasteiger partial charge in [0.05, 0.1) is 5.56 Å². The Morgan fingerprint density at radius 1 is 1.12 bits per heavy atom. The summed E-state index contributed by atoms with van der Waals surface area (Å²) in [6.07, 6.45) is 3.75. The number of anilines is 1. The minimum Gasteiger partial charge on any atom is -0.508 e. The normalized spacial score (nSPS) is 20.9. The van der Waals surface area contributed by atoms with Gasteiger partial charge in [-0.2, -0.15) is 0 Å². The van der Waals surface area contributed by atoms with Crippen LogP contribution in [0.15, 0.2) is 36.5 Å². The Bertz CT molecular complexity index is 945. The van der Waals surface area contributed by atoms with E-state index in [1.54, 1.807) is 13.1 Å². The first-order valence-corrected chi connectivity index (χ1v) is 11.4. The molecule has 0 spiro atoms. The summed E-state index contributed by atoms with van der Waals surface area (Å²) in [6.45, 7) is 7.57. The van der Waals surface area contributed by atoms with E-state index in [0.717, 1.165) is 57.7 Å². The first-order chi connectivity index (χ1) is 15.5. The van der Waals surface area contributed by atoms with Crippen molar-refractivity contribution < 1.29 is 15.0 Å². The van der Waals surface area contributed by atoms with Gasteiger partial charge in [-0.05, 0) is 45.0 Å². The van der Waals surface area contributed by atoms with E-state index in [0.29, 0.717) is 29.2 Å². The predicted molar refractivity (Wildman–Crippen MR) is 124 cm³/mol. The summed E-state index contributed by atoms with van der Waals surface area (Å²) in [7, 11) is 1.56. The van der Waals surface area contributed by atoms with Crippen LogP contribution in [0.3, 0.4) is 0 Å². The van der Waals surface area contributed by atoms with Crippen LogP contribution in [0.4, 0.5) is 5.82 Å². The number of benzene rings is 1. The number of phenols is 1. The van der Waals surface area contributed by atoms with Crippen LogP contribution in [0, 0.1) is 0 Å². The smallest absolute Gasteiger partial charge is 0.252 e. The third-order valence-corrected chi connectivity index (χ3v) is 6.73. The first-order valence-electron chi connectivity index (χ1n) is 11.4. The van der Waals surface area contributed by atoms with E-state index >= 15 is 0 Å². The lowest BCUT2D eigenvalue weighted by Gasteiger charge is -2.46. The molecule has 2 aliphatic heterocycles. The standard InChI is InChI=1S/C24H33N5O3/c1-17-15-28(23-22(31)13-19(14-26-23)24(32)25-2)11-12-29(17)20-7-9-27(10-8-20)16-18-5-3-4-6-21(18)30/h3-6,13-14,17,20,30-31H,7-12,15-16H2,1-2H3,(H,25,32). The highest BCUT2D eigenvalue weighted by molar-refractivity contribution is 5.94. The number of carbonyl (C=O) groups is 1. The number of amides is 1. The Morgan fingerprint density at radius 2 is 1.88 bits per heavy atom. The largest absolute Gasteiger partial charge is 0.508 e. The van der Waals surface area contributed by atoms with Crippen LogP contribution in [0.1, 0.15) is 35.7 Å². The molecule has 3 heterocycles. The Kier molecular flexibility index (Phi) is 6.81. The van der Waals surface area contributed by atoms with Gasteiger partial charge in [-0.25, -0.2) is 4.98 Å². The lowest BCUT2D eigenvalue weighted by molar-refractivity contribution is 0.0687. The molecule has 1 aromatic heterocycles. The van der Waals surface area contributed by atoms with E-state index < -0.39 is 0 Å². The molecule has 0 radical (unpaired) electrons. The number of piperazine rings is 1. The number of rotatable bonds is 5. The fourth-order valence-electron chi connectivity index (χ4n) is 4.96. The van der Waals surface area contributed by atoms with E-state index in [4.69, 9.17) is 0 Å². The van der Waals surface area contributed by atoms with Gasteiger partial charge < -0.3 is 20.4 Å². The molecule has 2 aliphatic rings. The second-order valence-electron chi connectivity index (χ2n) is 8.81. The molecular weight excluding hydrogens is 406 g/mol. The van der Waals surface area contributed by atoms with Crippen molar-refractivity contribution in [1.82, 2.24) is 20.1 Å². The van der Waals surface area contributed by atoms with Crippen LogP contribution in [-0.2, 0) is 6.54 Å². The van der Waals surface area contributed by atoms with Gasteiger partial charge >= 0.3 is 0 Å². The van der Waals surface area contributed by atoms with Crippen LogP contribution in [-0.4, -0.2) is 82.8 Å². The maximum absolute atomic E-state index is 11.8. The zero-order chi connectivity index (χ0) is 22.7. The number of hydrogen-bond acceptors (Lipinski definition) is 7. The van der Waals surface area contributed by atoms with Crippen LogP contribution in [0.2, 0.25) is 0 Å². The van der Waals surface area contributed by atoms with E-state index in [1.165, 1.54) is 12.3 Å². The summed E-state index contributed by atoms with van der Waals surface area (Å²) in [5, 5.41) is 23.0. The van der Waals surface area contributed by atoms with Gasteiger partial charge in [-0.15, -0.1) is 0 Å². The second kappa shape index (κ2) is 9.75. The predicted octanol–water partition coefficient (Wildman–Crippen LogP) is 2.03. The molecular formula is C24H33N5O3. The lowest BCUT2D eigenvalue weighted by atomic mass is 9.99. The summed E-state index contributed by atoms with van der Waals surface area (Å²) in [5.41, 5.74) is 1.35. The van der Waals surface area contributed by atoms with E-state index in [2.05, 4.69) is 31.9 Å². The maximum Gasteiger partial charge on any atom is 0.252 e. The van der Waals surface area contributed by atoms with Crippen molar-refractivity contribution in [3.05, 3.63) is 47.7 Å². The SMILES string of the molecule is CNC(=O)c1cnc(N2CCN(C3CCN(Cc4ccccc4O)CC3)C(C)C2)c(O)c1. The maximum atomic E-state index is 11.8. The minimum atomic E-state index is -0.258. The van der Waals surface area contributed by atoms with Crippen molar-refractivity contribution in [2.75, 3.05) is 44.7 Å². The third kappa shape index (κ3) is 4.81. The van der Waals surface area contributed by atoms with Crippen molar-refractivity contribution >= 4 is 11.7 Å². The van der Waals surface area contributed by atoms with E-state index in [9.17, 15) is 15.0 Å². The molecule has 0 bridgehead atoms. The Hall–Kier alpha value is -2.84. The molecule has 1 aromatic carbocycles. The van der Waals surface area contributed by atoms with Crippen molar-refractivity contribution in [3.8, 4) is 11.5 Å². The molecule has 8 heteroatoms. The highest BCUT2D eigenvalue weighted by atomic mass is 16.3. The van der Waals surface area contributed by atoms with Gasteiger partial charge in [-0.1, -0.05) is 18.2 Å². The fourth-order valence-corrected chi connectivity index (χ4v) is 4.96. The number of para-hydroxylation sites is 1. The highest BCUT2D eigenvalue weighted by Gasteiger charge is 2.33. The van der Waals surface area contributed by atoms with E-state index in [1.807, 2.05) is 18.2 Å². The zero-order valence-electron chi connectivity index (χ0n) is 18.9. The number of carbonyl (C=O) groups excluding carboxylic acids is 1. The number of phenolic OH excluding ortho intramolecular Hbond substituents is 1. The Labute approximate surface area is 189 Å². The monoisotopic (exact) mass is 439 g/mol. The lowest BCUT2D eigenvalue weighted by Crippen LogP contribution is -2.57. The molecule has 172 valence electrons. The van der Waals surface area contributed by atoms with Gasteiger partial charge in [0.15, 0.2) is 11.6 Å². The second-order valence-corrected chi connectivity index (χ2v) is 8.81. The molecule has 2 saturated heterocycles. The van der Waals surface area contributed by atoms with Crippen LogP contribution in [0.5, 0.6) is 11.5 Å². The molecule has 32 heavy (non-hydrogen) atoms. The van der Waals surface area contributed by atoms with Gasteiger partial charge in [0.1, 0.15) is 5.75 Å². The Morgan fingerprint density at radius 3 is 2.53 bits per heavy atom. The minimum absolute atomic E-state index is 0.0456. The average molecular weight is 440 g/mol. The van der Waals surface area contributed by atoms with E-state index in [-0.39, 0.29) is 11.7 Å². The molecule has 8 nitrogen and oxygen atoms in total. The number of nitrogens with zero attached hydrogens (tertiary/aromatic N) is 4. The molecule has 4 rings (SSSR count). The first kappa shape index (κ1) is 22.4. The van der Waals surface area contributed by atoms with Gasteiger partial charge in [0, 0.05) is 57.1 Å². The molecule has 2 fully saturated rings. The van der Waals surface area contributed by atoms with Crippen LogP contribution < -0.4 is 10.2 Å². The molecule has 3 N–H and O–H groups in total. The van der Waals surface area contributed by atoms with Crippen molar-refractivity contribution in [3.63, 3.8) is 0 Å². The quantitative estimate of drug-likeness (QED) is 0.657. The number of pyridine rings is 1. The van der Waals surface area contributed by atoms with Crippen molar-refractivity contribution in [2.45, 2.75) is 38.4 Å².